The summed E-state index contributed by atoms with van der Waals surface area (Å²) in [5, 5.41) is 10.7. The molecule has 0 spiro atoms. The number of nitrogens with zero attached hydrogens (tertiary/aromatic N) is 1. The van der Waals surface area contributed by atoms with E-state index in [1.807, 2.05) is 12.1 Å². The van der Waals surface area contributed by atoms with Gasteiger partial charge in [-0.1, -0.05) is 24.3 Å². The van der Waals surface area contributed by atoms with E-state index in [9.17, 15) is 18.3 Å². The first-order valence-electron chi connectivity index (χ1n) is 8.91. The summed E-state index contributed by atoms with van der Waals surface area (Å²) < 4.78 is 33.8. The Morgan fingerprint density at radius 3 is 2.70 bits per heavy atom. The van der Waals surface area contributed by atoms with E-state index in [1.54, 1.807) is 24.3 Å². The van der Waals surface area contributed by atoms with E-state index in [-0.39, 0.29) is 22.7 Å². The lowest BCUT2D eigenvalue weighted by atomic mass is 10.0. The van der Waals surface area contributed by atoms with Crippen LogP contribution in [0.1, 0.15) is 16.1 Å². The molecule has 8 nitrogen and oxygen atoms in total. The molecule has 4 aromatic rings. The number of fused-ring (bicyclic) bond motifs is 1. The Labute approximate surface area is 172 Å². The number of carbonyl (C=O) groups is 1. The molecular weight excluding hydrogens is 406 g/mol. The summed E-state index contributed by atoms with van der Waals surface area (Å²) in [7, 11) is -4.02. The average Bonchev–Trinajstić information content (AvgIpc) is 3.22. The second-order valence-corrected chi connectivity index (χ2v) is 8.17. The van der Waals surface area contributed by atoms with Crippen LogP contribution >= 0.6 is 0 Å². The number of nitrogens with two attached hydrogens (primary N) is 1. The maximum atomic E-state index is 12.9. The van der Waals surface area contributed by atoms with Crippen LogP contribution < -0.4 is 10.5 Å². The molecule has 2 aromatic heterocycles. The monoisotopic (exact) mass is 423 g/mol. The smallest absolute Gasteiger partial charge is 0.339 e. The Morgan fingerprint density at radius 2 is 1.97 bits per heavy atom. The van der Waals surface area contributed by atoms with Gasteiger partial charge >= 0.3 is 5.97 Å². The molecule has 152 valence electrons. The van der Waals surface area contributed by atoms with E-state index < -0.39 is 16.0 Å². The van der Waals surface area contributed by atoms with Gasteiger partial charge in [-0.15, -0.1) is 0 Å². The highest BCUT2D eigenvalue weighted by molar-refractivity contribution is 7.92. The minimum atomic E-state index is -4.02. The van der Waals surface area contributed by atoms with Gasteiger partial charge in [0.25, 0.3) is 10.0 Å². The molecule has 4 N–H and O–H groups in total. The number of furan rings is 1. The fraction of sp³-hybridized carbons (Fsp3) is 0.0476. The molecule has 30 heavy (non-hydrogen) atoms. The van der Waals surface area contributed by atoms with E-state index in [1.165, 1.54) is 24.4 Å². The molecule has 2 heterocycles. The van der Waals surface area contributed by atoms with E-state index in [0.717, 1.165) is 17.1 Å². The molecule has 9 heteroatoms. The number of carboxylic acid groups (broad SMARTS) is 1. The second kappa shape index (κ2) is 7.62. The van der Waals surface area contributed by atoms with Gasteiger partial charge in [-0.3, -0.25) is 9.71 Å². The van der Waals surface area contributed by atoms with Gasteiger partial charge in [-0.25, -0.2) is 13.2 Å². The van der Waals surface area contributed by atoms with Crippen LogP contribution in [0.25, 0.3) is 22.1 Å². The molecule has 0 aliphatic carbocycles. The molecule has 0 atom stereocenters. The minimum Gasteiger partial charge on any atom is -0.478 e. The van der Waals surface area contributed by atoms with Crippen LogP contribution in [0.2, 0.25) is 0 Å². The molecule has 0 bridgehead atoms. The number of hydrogen-bond donors (Lipinski definition) is 3. The first-order valence-corrected chi connectivity index (χ1v) is 10.4. The van der Waals surface area contributed by atoms with Crippen molar-refractivity contribution < 1.29 is 22.7 Å². The highest BCUT2D eigenvalue weighted by Crippen LogP contribution is 2.32. The largest absolute Gasteiger partial charge is 0.478 e. The average molecular weight is 423 g/mol. The third-order valence-corrected chi connectivity index (χ3v) is 5.95. The van der Waals surface area contributed by atoms with Crippen molar-refractivity contribution in [1.82, 2.24) is 4.98 Å². The van der Waals surface area contributed by atoms with E-state index in [2.05, 4.69) is 9.71 Å². The highest BCUT2D eigenvalue weighted by atomic mass is 32.2. The maximum Gasteiger partial charge on any atom is 0.339 e. The second-order valence-electron chi connectivity index (χ2n) is 6.49. The van der Waals surface area contributed by atoms with Gasteiger partial charge in [0, 0.05) is 18.0 Å². The number of rotatable bonds is 6. The molecule has 4 rings (SSSR count). The lowest BCUT2D eigenvalue weighted by Gasteiger charge is -2.11. The van der Waals surface area contributed by atoms with Crippen LogP contribution in [-0.2, 0) is 16.6 Å². The van der Waals surface area contributed by atoms with Crippen molar-refractivity contribution in [2.24, 2.45) is 5.73 Å². The summed E-state index contributed by atoms with van der Waals surface area (Å²) in [6.07, 6.45) is 2.40. The van der Waals surface area contributed by atoms with Crippen LogP contribution in [0.15, 0.2) is 76.3 Å². The molecule has 0 radical (unpaired) electrons. The summed E-state index contributed by atoms with van der Waals surface area (Å²) in [5.41, 5.74) is 6.12. The van der Waals surface area contributed by atoms with E-state index in [4.69, 9.17) is 10.2 Å². The number of sulfonamides is 1. The Bertz CT molecular complexity index is 1360. The maximum absolute atomic E-state index is 12.9. The highest BCUT2D eigenvalue weighted by Gasteiger charge is 2.19. The summed E-state index contributed by atoms with van der Waals surface area (Å²) in [6, 6.07) is 15.1. The van der Waals surface area contributed by atoms with Gasteiger partial charge in [0.05, 0.1) is 17.1 Å². The van der Waals surface area contributed by atoms with Gasteiger partial charge in [0.2, 0.25) is 0 Å². The fourth-order valence-corrected chi connectivity index (χ4v) is 4.25. The number of hydrogen-bond acceptors (Lipinski definition) is 6. The Kier molecular flexibility index (Phi) is 4.98. The normalized spacial score (nSPS) is 11.5. The number of carboxylic acids is 1. The number of anilines is 1. The molecule has 0 saturated carbocycles. The third-order valence-electron chi connectivity index (χ3n) is 4.59. The molecule has 2 aromatic carbocycles. The van der Waals surface area contributed by atoms with Gasteiger partial charge in [0.1, 0.15) is 17.1 Å². The van der Waals surface area contributed by atoms with Crippen molar-refractivity contribution in [1.29, 1.82) is 0 Å². The van der Waals surface area contributed by atoms with Gasteiger partial charge in [-0.2, -0.15) is 0 Å². The van der Waals surface area contributed by atoms with Crippen molar-refractivity contribution >= 4 is 32.5 Å². The predicted molar refractivity (Wildman–Crippen MR) is 112 cm³/mol. The van der Waals surface area contributed by atoms with Gasteiger partial charge in [-0.05, 0) is 41.1 Å². The van der Waals surface area contributed by atoms with Gasteiger partial charge in [0.15, 0.2) is 0 Å². The lowest BCUT2D eigenvalue weighted by Crippen LogP contribution is -2.15. The van der Waals surface area contributed by atoms with Crippen molar-refractivity contribution in [3.63, 3.8) is 0 Å². The zero-order valence-corrected chi connectivity index (χ0v) is 16.4. The first kappa shape index (κ1) is 19.6. The summed E-state index contributed by atoms with van der Waals surface area (Å²) in [5.74, 6) is 0.00824. The minimum absolute atomic E-state index is 0.00222. The van der Waals surface area contributed by atoms with E-state index in [0.29, 0.717) is 16.9 Å². The first-order chi connectivity index (χ1) is 14.4. The Balaban J connectivity index is 1.74. The van der Waals surface area contributed by atoms with E-state index >= 15 is 0 Å². The Morgan fingerprint density at radius 1 is 1.13 bits per heavy atom. The van der Waals surface area contributed by atoms with Crippen molar-refractivity contribution in [3.05, 3.63) is 78.3 Å². The predicted octanol–water partition coefficient (Wildman–Crippen LogP) is 3.45. The Hall–Kier alpha value is -3.69. The van der Waals surface area contributed by atoms with Crippen LogP contribution in [0.4, 0.5) is 5.69 Å². The molecule has 0 amide bonds. The number of nitrogens with one attached hydrogen (secondary N) is 1. The topological polar surface area (TPSA) is 136 Å². The van der Waals surface area contributed by atoms with Crippen LogP contribution in [0.3, 0.4) is 0 Å². The van der Waals surface area contributed by atoms with Crippen molar-refractivity contribution in [2.45, 2.75) is 11.4 Å². The SMILES string of the molecule is NCc1ccc(-c2cccc3cc(S(=O)(=O)Nc4ccncc4C(=O)O)ccc23)o1. The molecule has 0 saturated heterocycles. The summed E-state index contributed by atoms with van der Waals surface area (Å²) >= 11 is 0. The fourth-order valence-electron chi connectivity index (χ4n) is 3.13. The number of aromatic nitrogens is 1. The molecule has 0 aliphatic heterocycles. The number of pyridine rings is 1. The zero-order valence-electron chi connectivity index (χ0n) is 15.6. The summed E-state index contributed by atoms with van der Waals surface area (Å²) in [6.45, 7) is 0.284. The number of benzene rings is 2. The number of aromatic carboxylic acids is 1. The quantitative estimate of drug-likeness (QED) is 0.432. The van der Waals surface area contributed by atoms with Crippen LogP contribution in [-0.4, -0.2) is 24.5 Å². The standard InChI is InChI=1S/C21H17N3O5S/c22-11-14-4-7-20(29-14)17-3-1-2-13-10-15(5-6-16(13)17)30(27,28)24-19-8-9-23-12-18(19)21(25)26/h1-10,12H,11,22H2,(H,23,24)(H,25,26). The third kappa shape index (κ3) is 3.63. The summed E-state index contributed by atoms with van der Waals surface area (Å²) in [4.78, 5) is 15.0. The van der Waals surface area contributed by atoms with Crippen LogP contribution in [0.5, 0.6) is 0 Å². The molecular formula is C21H17N3O5S. The molecule has 0 fully saturated rings. The van der Waals surface area contributed by atoms with Gasteiger partial charge < -0.3 is 15.3 Å². The molecule has 0 aliphatic rings. The lowest BCUT2D eigenvalue weighted by molar-refractivity contribution is 0.0697. The van der Waals surface area contributed by atoms with Crippen molar-refractivity contribution in [3.8, 4) is 11.3 Å². The van der Waals surface area contributed by atoms with Crippen molar-refractivity contribution in [2.75, 3.05) is 4.72 Å². The molecule has 0 unspecified atom stereocenters. The van der Waals surface area contributed by atoms with Crippen LogP contribution in [0, 0.1) is 0 Å². The zero-order chi connectivity index (χ0) is 21.3.